The Hall–Kier alpha value is -3.35. The average Bonchev–Trinajstić information content (AvgIpc) is 2.67. The number of ether oxygens (including phenoxy) is 2. The van der Waals surface area contributed by atoms with Crippen LogP contribution in [0.5, 0.6) is 0 Å². The molecule has 0 unspecified atom stereocenters. The zero-order chi connectivity index (χ0) is 18.4. The third kappa shape index (κ3) is 4.38. The standard InChI is InChI=1S/C19H19N3O4/c1-2-25-18(23)17-11-14-10-15(8-9-16(14)21-22-17)20-19(24)26-12-13-6-4-3-5-7-13/h3-10,21H,2,11-12H2,1H3,(H,20,24). The van der Waals surface area contributed by atoms with Crippen molar-refractivity contribution >= 4 is 29.1 Å². The summed E-state index contributed by atoms with van der Waals surface area (Å²) in [5.41, 5.74) is 6.22. The summed E-state index contributed by atoms with van der Waals surface area (Å²) < 4.78 is 10.2. The van der Waals surface area contributed by atoms with Crippen LogP contribution < -0.4 is 10.7 Å². The van der Waals surface area contributed by atoms with Gasteiger partial charge in [0.2, 0.25) is 0 Å². The zero-order valence-corrected chi connectivity index (χ0v) is 14.3. The molecule has 1 heterocycles. The van der Waals surface area contributed by atoms with E-state index in [1.165, 1.54) is 0 Å². The number of hydrazone groups is 1. The molecule has 1 aliphatic heterocycles. The van der Waals surface area contributed by atoms with Crippen molar-refractivity contribution in [1.29, 1.82) is 0 Å². The largest absolute Gasteiger partial charge is 0.461 e. The van der Waals surface area contributed by atoms with Gasteiger partial charge < -0.3 is 9.47 Å². The second kappa shape index (κ2) is 8.15. The van der Waals surface area contributed by atoms with Crippen molar-refractivity contribution in [3.63, 3.8) is 0 Å². The second-order valence-electron chi connectivity index (χ2n) is 5.63. The van der Waals surface area contributed by atoms with Crippen LogP contribution in [0.2, 0.25) is 0 Å². The van der Waals surface area contributed by atoms with Crippen molar-refractivity contribution in [2.75, 3.05) is 17.3 Å². The van der Waals surface area contributed by atoms with E-state index in [2.05, 4.69) is 15.8 Å². The fraction of sp³-hybridized carbons (Fsp3) is 0.211. The van der Waals surface area contributed by atoms with Gasteiger partial charge in [-0.3, -0.25) is 10.7 Å². The molecule has 0 aliphatic carbocycles. The van der Waals surface area contributed by atoms with Crippen LogP contribution in [0, 0.1) is 0 Å². The molecule has 3 rings (SSSR count). The summed E-state index contributed by atoms with van der Waals surface area (Å²) in [4.78, 5) is 23.8. The predicted molar refractivity (Wildman–Crippen MR) is 98.1 cm³/mol. The number of nitrogens with zero attached hydrogens (tertiary/aromatic N) is 1. The maximum atomic E-state index is 12.0. The van der Waals surface area contributed by atoms with Gasteiger partial charge >= 0.3 is 12.1 Å². The third-order valence-corrected chi connectivity index (χ3v) is 3.74. The topological polar surface area (TPSA) is 89.0 Å². The summed E-state index contributed by atoms with van der Waals surface area (Å²) in [6.45, 7) is 2.23. The van der Waals surface area contributed by atoms with E-state index in [1.807, 2.05) is 30.3 Å². The number of rotatable bonds is 5. The maximum Gasteiger partial charge on any atom is 0.411 e. The molecule has 0 fully saturated rings. The molecule has 7 nitrogen and oxygen atoms in total. The Morgan fingerprint density at radius 3 is 2.73 bits per heavy atom. The molecule has 0 saturated carbocycles. The van der Waals surface area contributed by atoms with Gasteiger partial charge in [0.1, 0.15) is 12.3 Å². The number of nitrogens with one attached hydrogen (secondary N) is 2. The first-order valence-electron chi connectivity index (χ1n) is 8.26. The first-order chi connectivity index (χ1) is 12.7. The van der Waals surface area contributed by atoms with Gasteiger partial charge in [0.15, 0.2) is 0 Å². The highest BCUT2D eigenvalue weighted by atomic mass is 16.5. The number of amides is 1. The minimum Gasteiger partial charge on any atom is -0.461 e. The average molecular weight is 353 g/mol. The number of anilines is 2. The summed E-state index contributed by atoms with van der Waals surface area (Å²) in [5, 5.41) is 6.71. The van der Waals surface area contributed by atoms with Crippen molar-refractivity contribution in [2.24, 2.45) is 5.10 Å². The van der Waals surface area contributed by atoms with Crippen LogP contribution in [0.15, 0.2) is 53.6 Å². The van der Waals surface area contributed by atoms with Gasteiger partial charge in [-0.1, -0.05) is 30.3 Å². The Morgan fingerprint density at radius 1 is 1.15 bits per heavy atom. The predicted octanol–water partition coefficient (Wildman–Crippen LogP) is 3.32. The first-order valence-corrected chi connectivity index (χ1v) is 8.26. The molecule has 0 aromatic heterocycles. The van der Waals surface area contributed by atoms with Crippen molar-refractivity contribution in [3.8, 4) is 0 Å². The van der Waals surface area contributed by atoms with Crippen LogP contribution in [-0.2, 0) is 27.3 Å². The minimum absolute atomic E-state index is 0.193. The normalized spacial score (nSPS) is 12.3. The summed E-state index contributed by atoms with van der Waals surface area (Å²) in [5.74, 6) is -0.453. The number of benzene rings is 2. The lowest BCUT2D eigenvalue weighted by Gasteiger charge is -2.17. The van der Waals surface area contributed by atoms with Gasteiger partial charge in [0, 0.05) is 12.1 Å². The van der Waals surface area contributed by atoms with Crippen LogP contribution >= 0.6 is 0 Å². The van der Waals surface area contributed by atoms with Crippen LogP contribution in [0.3, 0.4) is 0 Å². The molecule has 26 heavy (non-hydrogen) atoms. The molecule has 2 N–H and O–H groups in total. The molecule has 0 atom stereocenters. The van der Waals surface area contributed by atoms with E-state index in [1.54, 1.807) is 25.1 Å². The first kappa shape index (κ1) is 17.5. The van der Waals surface area contributed by atoms with E-state index in [9.17, 15) is 9.59 Å². The van der Waals surface area contributed by atoms with Gasteiger partial charge in [-0.15, -0.1) is 0 Å². The molecule has 2 aromatic rings. The SMILES string of the molecule is CCOC(=O)C1=NNc2ccc(NC(=O)OCc3ccccc3)cc2C1. The Bertz CT molecular complexity index is 834. The number of hydrogen-bond donors (Lipinski definition) is 2. The molecular weight excluding hydrogens is 334 g/mol. The smallest absolute Gasteiger partial charge is 0.411 e. The van der Waals surface area contributed by atoms with Gasteiger partial charge in [0.25, 0.3) is 0 Å². The van der Waals surface area contributed by atoms with Crippen LogP contribution in [0.25, 0.3) is 0 Å². The van der Waals surface area contributed by atoms with Crippen molar-refractivity contribution in [1.82, 2.24) is 0 Å². The lowest BCUT2D eigenvalue weighted by atomic mass is 10.0. The molecule has 1 aliphatic rings. The monoisotopic (exact) mass is 353 g/mol. The Kier molecular flexibility index (Phi) is 5.48. The van der Waals surface area contributed by atoms with E-state index >= 15 is 0 Å². The van der Waals surface area contributed by atoms with Crippen molar-refractivity contribution in [2.45, 2.75) is 20.0 Å². The number of hydrogen-bond acceptors (Lipinski definition) is 6. The number of fused-ring (bicyclic) bond motifs is 1. The van der Waals surface area contributed by atoms with Gasteiger partial charge in [-0.25, -0.2) is 9.59 Å². The summed E-state index contributed by atoms with van der Waals surface area (Å²) in [6.07, 6.45) is -0.215. The van der Waals surface area contributed by atoms with Crippen LogP contribution in [0.1, 0.15) is 18.1 Å². The van der Waals surface area contributed by atoms with E-state index in [0.717, 1.165) is 16.8 Å². The fourth-order valence-electron chi connectivity index (χ4n) is 2.48. The highest BCUT2D eigenvalue weighted by molar-refractivity contribution is 6.37. The summed E-state index contributed by atoms with van der Waals surface area (Å²) in [7, 11) is 0. The number of carbonyl (C=O) groups is 2. The summed E-state index contributed by atoms with van der Waals surface area (Å²) >= 11 is 0. The number of carbonyl (C=O) groups excluding carboxylic acids is 2. The number of esters is 1. The molecule has 7 heteroatoms. The molecule has 1 amide bonds. The second-order valence-corrected chi connectivity index (χ2v) is 5.63. The lowest BCUT2D eigenvalue weighted by molar-refractivity contribution is -0.135. The Balaban J connectivity index is 1.60. The molecule has 0 spiro atoms. The maximum absolute atomic E-state index is 12.0. The highest BCUT2D eigenvalue weighted by Crippen LogP contribution is 2.25. The molecule has 0 bridgehead atoms. The van der Waals surface area contributed by atoms with Crippen LogP contribution in [-0.4, -0.2) is 24.4 Å². The Labute approximate surface area is 151 Å². The third-order valence-electron chi connectivity index (χ3n) is 3.74. The minimum atomic E-state index is -0.545. The van der Waals surface area contributed by atoms with E-state index in [4.69, 9.17) is 9.47 Å². The fourth-order valence-corrected chi connectivity index (χ4v) is 2.48. The quantitative estimate of drug-likeness (QED) is 0.805. The highest BCUT2D eigenvalue weighted by Gasteiger charge is 2.20. The van der Waals surface area contributed by atoms with Crippen LogP contribution in [0.4, 0.5) is 16.2 Å². The van der Waals surface area contributed by atoms with Crippen molar-refractivity contribution in [3.05, 3.63) is 59.7 Å². The van der Waals surface area contributed by atoms with Crippen molar-refractivity contribution < 1.29 is 19.1 Å². The van der Waals surface area contributed by atoms with Gasteiger partial charge in [-0.05, 0) is 36.2 Å². The van der Waals surface area contributed by atoms with E-state index in [0.29, 0.717) is 24.4 Å². The zero-order valence-electron chi connectivity index (χ0n) is 14.3. The summed E-state index contributed by atoms with van der Waals surface area (Å²) in [6, 6.07) is 14.7. The molecule has 134 valence electrons. The van der Waals surface area contributed by atoms with E-state index < -0.39 is 12.1 Å². The molecule has 0 radical (unpaired) electrons. The van der Waals surface area contributed by atoms with Gasteiger partial charge in [-0.2, -0.15) is 5.10 Å². The molecule has 0 saturated heterocycles. The molecular formula is C19H19N3O4. The lowest BCUT2D eigenvalue weighted by Crippen LogP contribution is -2.24. The molecule has 2 aromatic carbocycles. The Morgan fingerprint density at radius 2 is 1.96 bits per heavy atom. The van der Waals surface area contributed by atoms with E-state index in [-0.39, 0.29) is 6.61 Å². The van der Waals surface area contributed by atoms with Gasteiger partial charge in [0.05, 0.1) is 12.3 Å².